The number of aromatic nitrogens is 2. The second-order valence-electron chi connectivity index (χ2n) is 7.87. The van der Waals surface area contributed by atoms with Gasteiger partial charge < -0.3 is 4.90 Å². The third kappa shape index (κ3) is 3.15. The molecule has 0 amide bonds. The fourth-order valence-corrected chi connectivity index (χ4v) is 4.46. The van der Waals surface area contributed by atoms with Crippen LogP contribution < -0.4 is 0 Å². The molecule has 4 aromatic rings. The van der Waals surface area contributed by atoms with E-state index < -0.39 is 0 Å². The number of rotatable bonds is 2. The summed E-state index contributed by atoms with van der Waals surface area (Å²) in [7, 11) is 1.97. The van der Waals surface area contributed by atoms with Crippen molar-refractivity contribution in [3.05, 3.63) is 95.2 Å². The molecule has 150 valence electrons. The standard InChI is InChI=1S/C25H21F2N3/c1-30-14-12-19(20-9-8-16-5-2-3-6-17(16)24(20)26)18-10-11-21(25(27)22(18)15-30)23-7-4-13-28-29-23/h2-11,13,19H,12,14-15H2,1H3. The molecule has 0 saturated heterocycles. The Labute approximate surface area is 174 Å². The van der Waals surface area contributed by atoms with Crippen LogP contribution in [0.1, 0.15) is 29.0 Å². The monoisotopic (exact) mass is 401 g/mol. The third-order valence-electron chi connectivity index (χ3n) is 6.00. The van der Waals surface area contributed by atoms with E-state index in [1.54, 1.807) is 30.5 Å². The highest BCUT2D eigenvalue weighted by Gasteiger charge is 2.28. The molecule has 0 aliphatic carbocycles. The average Bonchev–Trinajstić information content (AvgIpc) is 2.94. The van der Waals surface area contributed by atoms with Crippen LogP contribution in [-0.4, -0.2) is 28.7 Å². The highest BCUT2D eigenvalue weighted by molar-refractivity contribution is 5.84. The Hall–Kier alpha value is -3.18. The van der Waals surface area contributed by atoms with Crippen LogP contribution in [0.3, 0.4) is 0 Å². The Morgan fingerprint density at radius 2 is 1.73 bits per heavy atom. The molecule has 1 atom stereocenters. The number of hydrogen-bond acceptors (Lipinski definition) is 3. The van der Waals surface area contributed by atoms with E-state index in [2.05, 4.69) is 15.1 Å². The first-order valence-electron chi connectivity index (χ1n) is 10.1. The predicted octanol–water partition coefficient (Wildman–Crippen LogP) is 5.54. The fraction of sp³-hybridized carbons (Fsp3) is 0.200. The molecule has 0 radical (unpaired) electrons. The summed E-state index contributed by atoms with van der Waals surface area (Å²) >= 11 is 0. The summed E-state index contributed by atoms with van der Waals surface area (Å²) in [6.07, 6.45) is 2.29. The minimum Gasteiger partial charge on any atom is -0.302 e. The van der Waals surface area contributed by atoms with E-state index in [9.17, 15) is 0 Å². The molecule has 0 bridgehead atoms. The van der Waals surface area contributed by atoms with Gasteiger partial charge in [0.15, 0.2) is 0 Å². The minimum absolute atomic E-state index is 0.208. The molecule has 0 spiro atoms. The second kappa shape index (κ2) is 7.58. The Bertz CT molecular complexity index is 1220. The second-order valence-corrected chi connectivity index (χ2v) is 7.87. The normalized spacial score (nSPS) is 17.0. The highest BCUT2D eigenvalue weighted by Crippen LogP contribution is 2.39. The van der Waals surface area contributed by atoms with Crippen LogP contribution in [0.2, 0.25) is 0 Å². The van der Waals surface area contributed by atoms with Crippen LogP contribution in [0.15, 0.2) is 66.9 Å². The maximum Gasteiger partial charge on any atom is 0.137 e. The van der Waals surface area contributed by atoms with Gasteiger partial charge >= 0.3 is 0 Å². The Morgan fingerprint density at radius 3 is 2.57 bits per heavy atom. The zero-order valence-corrected chi connectivity index (χ0v) is 16.6. The van der Waals surface area contributed by atoms with Crippen molar-refractivity contribution in [2.24, 2.45) is 0 Å². The Kier molecular flexibility index (Phi) is 4.75. The van der Waals surface area contributed by atoms with E-state index in [1.165, 1.54) is 0 Å². The number of fused-ring (bicyclic) bond motifs is 2. The largest absolute Gasteiger partial charge is 0.302 e. The van der Waals surface area contributed by atoms with Crippen LogP contribution in [-0.2, 0) is 6.54 Å². The van der Waals surface area contributed by atoms with Crippen LogP contribution in [0.25, 0.3) is 22.0 Å². The number of nitrogens with zero attached hydrogens (tertiary/aromatic N) is 3. The van der Waals surface area contributed by atoms with Crippen molar-refractivity contribution >= 4 is 10.8 Å². The highest BCUT2D eigenvalue weighted by atomic mass is 19.1. The van der Waals surface area contributed by atoms with E-state index >= 15 is 8.78 Å². The zero-order chi connectivity index (χ0) is 20.7. The van der Waals surface area contributed by atoms with Crippen molar-refractivity contribution in [2.75, 3.05) is 13.6 Å². The van der Waals surface area contributed by atoms with Gasteiger partial charge in [0.2, 0.25) is 0 Å². The van der Waals surface area contributed by atoms with Crippen molar-refractivity contribution in [3.63, 3.8) is 0 Å². The lowest BCUT2D eigenvalue weighted by molar-refractivity contribution is 0.323. The first kappa shape index (κ1) is 18.8. The number of halogens is 2. The van der Waals surface area contributed by atoms with Crippen LogP contribution in [0, 0.1) is 11.6 Å². The molecule has 5 rings (SSSR count). The maximum absolute atomic E-state index is 15.6. The molecule has 3 nitrogen and oxygen atoms in total. The third-order valence-corrected chi connectivity index (χ3v) is 6.00. The molecule has 0 saturated carbocycles. The van der Waals surface area contributed by atoms with E-state index in [0.29, 0.717) is 34.3 Å². The quantitative estimate of drug-likeness (QED) is 0.441. The van der Waals surface area contributed by atoms with E-state index in [4.69, 9.17) is 0 Å². The van der Waals surface area contributed by atoms with Gasteiger partial charge in [0.1, 0.15) is 11.6 Å². The van der Waals surface area contributed by atoms with E-state index in [-0.39, 0.29) is 17.6 Å². The molecule has 1 unspecified atom stereocenters. The lowest BCUT2D eigenvalue weighted by atomic mass is 9.84. The topological polar surface area (TPSA) is 29.0 Å². The van der Waals surface area contributed by atoms with Gasteiger partial charge in [0, 0.05) is 35.2 Å². The first-order valence-corrected chi connectivity index (χ1v) is 10.1. The average molecular weight is 401 g/mol. The summed E-state index contributed by atoms with van der Waals surface area (Å²) in [4.78, 5) is 2.08. The molecule has 0 fully saturated rings. The lowest BCUT2D eigenvalue weighted by Gasteiger charge is -2.20. The summed E-state index contributed by atoms with van der Waals surface area (Å²) in [6.45, 7) is 1.23. The zero-order valence-electron chi connectivity index (χ0n) is 16.6. The molecule has 0 N–H and O–H groups in total. The Balaban J connectivity index is 1.68. The molecular formula is C25H21F2N3. The summed E-state index contributed by atoms with van der Waals surface area (Å²) in [6, 6.07) is 18.4. The molecule has 1 aliphatic heterocycles. The molecule has 5 heteroatoms. The van der Waals surface area contributed by atoms with Crippen LogP contribution in [0.5, 0.6) is 0 Å². The van der Waals surface area contributed by atoms with Gasteiger partial charge in [-0.25, -0.2) is 8.78 Å². The smallest absolute Gasteiger partial charge is 0.137 e. The SMILES string of the molecule is CN1CCC(c2ccc3ccccc3c2F)c2ccc(-c3cccnn3)c(F)c2C1. The van der Waals surface area contributed by atoms with Crippen molar-refractivity contribution in [1.29, 1.82) is 0 Å². The molecule has 2 heterocycles. The Morgan fingerprint density at radius 1 is 0.900 bits per heavy atom. The van der Waals surface area contributed by atoms with Crippen molar-refractivity contribution < 1.29 is 8.78 Å². The van der Waals surface area contributed by atoms with Gasteiger partial charge in [-0.2, -0.15) is 10.2 Å². The van der Waals surface area contributed by atoms with Crippen LogP contribution in [0.4, 0.5) is 8.78 Å². The molecular weight excluding hydrogens is 380 g/mol. The van der Waals surface area contributed by atoms with Gasteiger partial charge in [-0.1, -0.05) is 42.5 Å². The van der Waals surface area contributed by atoms with Crippen molar-refractivity contribution in [2.45, 2.75) is 18.9 Å². The lowest BCUT2D eigenvalue weighted by Crippen LogP contribution is -2.18. The van der Waals surface area contributed by atoms with Gasteiger partial charge in [0.25, 0.3) is 0 Å². The van der Waals surface area contributed by atoms with Crippen molar-refractivity contribution in [3.8, 4) is 11.3 Å². The van der Waals surface area contributed by atoms with E-state index in [0.717, 1.165) is 23.9 Å². The summed E-state index contributed by atoms with van der Waals surface area (Å²) < 4.78 is 31.1. The molecule has 3 aromatic carbocycles. The summed E-state index contributed by atoms with van der Waals surface area (Å²) in [5.74, 6) is -0.722. The van der Waals surface area contributed by atoms with Gasteiger partial charge in [-0.05, 0) is 54.7 Å². The molecule has 30 heavy (non-hydrogen) atoms. The van der Waals surface area contributed by atoms with Gasteiger partial charge in [0.05, 0.1) is 5.69 Å². The maximum atomic E-state index is 15.6. The van der Waals surface area contributed by atoms with Crippen molar-refractivity contribution in [1.82, 2.24) is 15.1 Å². The summed E-state index contributed by atoms with van der Waals surface area (Å²) in [5.41, 5.74) is 3.00. The minimum atomic E-state index is -0.298. The van der Waals surface area contributed by atoms with Crippen LogP contribution >= 0.6 is 0 Å². The predicted molar refractivity (Wildman–Crippen MR) is 114 cm³/mol. The summed E-state index contributed by atoms with van der Waals surface area (Å²) in [5, 5.41) is 9.41. The number of benzene rings is 3. The number of hydrogen-bond donors (Lipinski definition) is 0. The fourth-order valence-electron chi connectivity index (χ4n) is 4.46. The van der Waals surface area contributed by atoms with Gasteiger partial charge in [-0.3, -0.25) is 0 Å². The molecule has 1 aliphatic rings. The van der Waals surface area contributed by atoms with E-state index in [1.807, 2.05) is 43.4 Å². The first-order chi connectivity index (χ1) is 14.6. The van der Waals surface area contributed by atoms with Gasteiger partial charge in [-0.15, -0.1) is 0 Å². The molecule has 1 aromatic heterocycles.